The first-order chi connectivity index (χ1) is 16.5. The Balaban J connectivity index is 1.66. The molecule has 5 nitrogen and oxygen atoms in total. The van der Waals surface area contributed by atoms with Gasteiger partial charge in [-0.1, -0.05) is 42.5 Å². The number of hydrogen-bond donors (Lipinski definition) is 2. The Morgan fingerprint density at radius 3 is 2.56 bits per heavy atom. The number of fused-ring (bicyclic) bond motifs is 3. The molecular weight excluding hydrogens is 431 g/mol. The average molecular weight is 457 g/mol. The summed E-state index contributed by atoms with van der Waals surface area (Å²) in [5, 5.41) is 10.5. The summed E-state index contributed by atoms with van der Waals surface area (Å²) in [6, 6.07) is 20.3. The van der Waals surface area contributed by atoms with E-state index in [0.717, 1.165) is 33.6 Å². The Kier molecular flexibility index (Phi) is 5.75. The molecule has 34 heavy (non-hydrogen) atoms. The predicted octanol–water partition coefficient (Wildman–Crippen LogP) is 5.41. The summed E-state index contributed by atoms with van der Waals surface area (Å²) < 4.78 is 19.9. The molecule has 172 valence electrons. The van der Waals surface area contributed by atoms with E-state index < -0.39 is 11.9 Å². The van der Waals surface area contributed by atoms with Gasteiger partial charge < -0.3 is 15.6 Å². The molecular formula is C28H25FN2O3. The van der Waals surface area contributed by atoms with E-state index in [4.69, 9.17) is 15.5 Å². The highest BCUT2D eigenvalue weighted by Gasteiger charge is 2.40. The molecule has 0 spiro atoms. The van der Waals surface area contributed by atoms with E-state index in [0.29, 0.717) is 29.6 Å². The standard InChI is InChI=1S/C28H25FN2O3/c1-2-34-25-6-4-3-5-19(25)16-7-9-17(10-8-16)27-26-21(14-22(28(32)33)23(26)15-30)20-13-18(29)11-12-24(20)31-27/h3-13,22-23H,2,14-15,30H2,1H3,(H,32,33). The molecule has 1 heterocycles. The van der Waals surface area contributed by atoms with Crippen LogP contribution in [-0.2, 0) is 11.2 Å². The van der Waals surface area contributed by atoms with Crippen molar-refractivity contribution in [1.82, 2.24) is 4.98 Å². The number of para-hydroxylation sites is 1. The summed E-state index contributed by atoms with van der Waals surface area (Å²) in [7, 11) is 0. The lowest BCUT2D eigenvalue weighted by Gasteiger charge is -2.18. The zero-order valence-corrected chi connectivity index (χ0v) is 18.8. The number of carboxylic acid groups (broad SMARTS) is 1. The van der Waals surface area contributed by atoms with Gasteiger partial charge in [0.05, 0.1) is 23.7 Å². The van der Waals surface area contributed by atoms with Crippen molar-refractivity contribution in [2.24, 2.45) is 11.7 Å². The van der Waals surface area contributed by atoms with Crippen LogP contribution in [-0.4, -0.2) is 29.2 Å². The second kappa shape index (κ2) is 8.88. The number of hydrogen-bond acceptors (Lipinski definition) is 4. The molecule has 0 saturated carbocycles. The zero-order valence-electron chi connectivity index (χ0n) is 18.8. The fourth-order valence-corrected chi connectivity index (χ4v) is 5.05. The van der Waals surface area contributed by atoms with Crippen LogP contribution in [0.3, 0.4) is 0 Å². The number of benzene rings is 3. The van der Waals surface area contributed by atoms with Gasteiger partial charge in [0.25, 0.3) is 0 Å². The van der Waals surface area contributed by atoms with Crippen molar-refractivity contribution in [3.63, 3.8) is 0 Å². The molecule has 2 atom stereocenters. The maximum atomic E-state index is 14.1. The smallest absolute Gasteiger partial charge is 0.307 e. The Morgan fingerprint density at radius 1 is 1.12 bits per heavy atom. The summed E-state index contributed by atoms with van der Waals surface area (Å²) in [4.78, 5) is 16.9. The monoisotopic (exact) mass is 456 g/mol. The normalized spacial score (nSPS) is 17.0. The Morgan fingerprint density at radius 2 is 1.85 bits per heavy atom. The summed E-state index contributed by atoms with van der Waals surface area (Å²) in [6.45, 7) is 2.71. The van der Waals surface area contributed by atoms with Gasteiger partial charge >= 0.3 is 5.97 Å². The zero-order chi connectivity index (χ0) is 23.8. The van der Waals surface area contributed by atoms with E-state index in [-0.39, 0.29) is 18.3 Å². The van der Waals surface area contributed by atoms with E-state index in [9.17, 15) is 14.3 Å². The third-order valence-corrected chi connectivity index (χ3v) is 6.60. The average Bonchev–Trinajstić information content (AvgIpc) is 3.25. The van der Waals surface area contributed by atoms with Crippen LogP contribution in [0.15, 0.2) is 66.7 Å². The minimum Gasteiger partial charge on any atom is -0.493 e. The number of ether oxygens (including phenoxy) is 1. The number of halogens is 1. The van der Waals surface area contributed by atoms with E-state index in [2.05, 4.69) is 0 Å². The third kappa shape index (κ3) is 3.70. The Labute approximate surface area is 197 Å². The quantitative estimate of drug-likeness (QED) is 0.405. The second-order valence-electron chi connectivity index (χ2n) is 8.51. The van der Waals surface area contributed by atoms with Crippen LogP contribution in [0.1, 0.15) is 24.0 Å². The van der Waals surface area contributed by atoms with Crippen molar-refractivity contribution < 1.29 is 19.0 Å². The predicted molar refractivity (Wildman–Crippen MR) is 130 cm³/mol. The number of nitrogens with two attached hydrogens (primary N) is 1. The first kappa shape index (κ1) is 22.0. The van der Waals surface area contributed by atoms with Gasteiger partial charge in [0.2, 0.25) is 0 Å². The highest BCUT2D eigenvalue weighted by Crippen LogP contribution is 2.45. The maximum Gasteiger partial charge on any atom is 0.307 e. The van der Waals surface area contributed by atoms with Crippen LogP contribution in [0, 0.1) is 11.7 Å². The molecule has 0 radical (unpaired) electrons. The van der Waals surface area contributed by atoms with Gasteiger partial charge in [0, 0.05) is 29.0 Å². The van der Waals surface area contributed by atoms with Crippen LogP contribution >= 0.6 is 0 Å². The summed E-state index contributed by atoms with van der Waals surface area (Å²) in [5.41, 5.74) is 11.9. The molecule has 0 aliphatic heterocycles. The first-order valence-electron chi connectivity index (χ1n) is 11.4. The van der Waals surface area contributed by atoms with Crippen molar-refractivity contribution in [3.8, 4) is 28.1 Å². The lowest BCUT2D eigenvalue weighted by atomic mass is 9.89. The Bertz CT molecular complexity index is 1380. The highest BCUT2D eigenvalue weighted by atomic mass is 19.1. The van der Waals surface area contributed by atoms with Crippen molar-refractivity contribution in [2.75, 3.05) is 13.2 Å². The molecule has 0 fully saturated rings. The molecule has 5 rings (SSSR count). The van der Waals surface area contributed by atoms with Gasteiger partial charge in [0.1, 0.15) is 11.6 Å². The second-order valence-corrected chi connectivity index (χ2v) is 8.51. The molecule has 0 saturated heterocycles. The van der Waals surface area contributed by atoms with Gasteiger partial charge in [0.15, 0.2) is 0 Å². The minimum absolute atomic E-state index is 0.180. The van der Waals surface area contributed by atoms with Crippen LogP contribution in [0.5, 0.6) is 5.75 Å². The number of pyridine rings is 1. The fourth-order valence-electron chi connectivity index (χ4n) is 5.05. The molecule has 3 N–H and O–H groups in total. The largest absolute Gasteiger partial charge is 0.493 e. The minimum atomic E-state index is -0.898. The van der Waals surface area contributed by atoms with Crippen molar-refractivity contribution in [1.29, 1.82) is 0 Å². The molecule has 3 aromatic carbocycles. The third-order valence-electron chi connectivity index (χ3n) is 6.60. The van der Waals surface area contributed by atoms with Crippen LogP contribution in [0.4, 0.5) is 4.39 Å². The van der Waals surface area contributed by atoms with Crippen LogP contribution in [0.25, 0.3) is 33.3 Å². The first-order valence-corrected chi connectivity index (χ1v) is 11.4. The summed E-state index contributed by atoms with van der Waals surface area (Å²) in [5.74, 6) is -1.50. The van der Waals surface area contributed by atoms with Crippen molar-refractivity contribution in [2.45, 2.75) is 19.3 Å². The molecule has 0 amide bonds. The van der Waals surface area contributed by atoms with Gasteiger partial charge in [-0.15, -0.1) is 0 Å². The molecule has 6 heteroatoms. The van der Waals surface area contributed by atoms with Gasteiger partial charge in [-0.2, -0.15) is 0 Å². The van der Waals surface area contributed by atoms with E-state index in [1.54, 1.807) is 6.07 Å². The SMILES string of the molecule is CCOc1ccccc1-c1ccc(-c2nc3ccc(F)cc3c3c2C(CN)C(C(=O)O)C3)cc1. The summed E-state index contributed by atoms with van der Waals surface area (Å²) in [6.07, 6.45) is 0.307. The molecule has 1 aliphatic carbocycles. The van der Waals surface area contributed by atoms with Gasteiger partial charge in [-0.05, 0) is 54.3 Å². The molecule has 4 aromatic rings. The fraction of sp³-hybridized carbons (Fsp3) is 0.214. The highest BCUT2D eigenvalue weighted by molar-refractivity contribution is 5.91. The Hall–Kier alpha value is -3.77. The lowest BCUT2D eigenvalue weighted by molar-refractivity contribution is -0.142. The summed E-state index contributed by atoms with van der Waals surface area (Å²) >= 11 is 0. The van der Waals surface area contributed by atoms with Crippen LogP contribution < -0.4 is 10.5 Å². The van der Waals surface area contributed by atoms with Crippen LogP contribution in [0.2, 0.25) is 0 Å². The topological polar surface area (TPSA) is 85.4 Å². The van der Waals surface area contributed by atoms with E-state index in [1.807, 2.05) is 55.5 Å². The van der Waals surface area contributed by atoms with Gasteiger partial charge in [-0.3, -0.25) is 4.79 Å². The van der Waals surface area contributed by atoms with E-state index in [1.165, 1.54) is 12.1 Å². The van der Waals surface area contributed by atoms with Crippen molar-refractivity contribution in [3.05, 3.63) is 83.7 Å². The van der Waals surface area contributed by atoms with E-state index >= 15 is 0 Å². The molecule has 2 unspecified atom stereocenters. The molecule has 1 aliphatic rings. The number of aliphatic carboxylic acids is 1. The number of aromatic nitrogens is 1. The molecule has 0 bridgehead atoms. The molecule has 1 aromatic heterocycles. The lowest BCUT2D eigenvalue weighted by Crippen LogP contribution is -2.24. The maximum absolute atomic E-state index is 14.1. The van der Waals surface area contributed by atoms with Gasteiger partial charge in [-0.25, -0.2) is 9.37 Å². The number of rotatable bonds is 6. The number of carboxylic acids is 1. The van der Waals surface area contributed by atoms with Crippen molar-refractivity contribution >= 4 is 16.9 Å². The number of carbonyl (C=O) groups is 1. The number of nitrogens with zero attached hydrogens (tertiary/aromatic N) is 1.